The van der Waals surface area contributed by atoms with Crippen molar-refractivity contribution in [3.05, 3.63) is 30.3 Å². The third kappa shape index (κ3) is 2.60. The van der Waals surface area contributed by atoms with E-state index in [2.05, 4.69) is 6.07 Å². The smallest absolute Gasteiger partial charge is 0.147 e. The van der Waals surface area contributed by atoms with E-state index in [1.54, 1.807) is 6.07 Å². The minimum Gasteiger partial charge on any atom is -0.475 e. The third-order valence-corrected chi connectivity index (χ3v) is 1.36. The van der Waals surface area contributed by atoms with Gasteiger partial charge in [-0.1, -0.05) is 25.1 Å². The highest BCUT2D eigenvalue weighted by atomic mass is 16.5. The molecule has 0 aromatic heterocycles. The second kappa shape index (κ2) is 3.98. The highest BCUT2D eigenvalue weighted by Crippen LogP contribution is 2.08. The summed E-state index contributed by atoms with van der Waals surface area (Å²) in [5.41, 5.74) is 5.56. The standard InChI is InChI=1S/C9H12NO/c1-2-9(10)11-8-6-4-3-5-7-8/h3-6,9H,2,10H2,1H3. The highest BCUT2D eigenvalue weighted by molar-refractivity contribution is 5.19. The average Bonchev–Trinajstić information content (AvgIpc) is 2.06. The molecule has 0 amide bonds. The normalized spacial score (nSPS) is 12.5. The van der Waals surface area contributed by atoms with Crippen molar-refractivity contribution in [2.24, 2.45) is 5.73 Å². The van der Waals surface area contributed by atoms with Gasteiger partial charge >= 0.3 is 0 Å². The second-order valence-electron chi connectivity index (χ2n) is 2.29. The van der Waals surface area contributed by atoms with Crippen molar-refractivity contribution in [1.29, 1.82) is 0 Å². The molecule has 0 spiro atoms. The maximum Gasteiger partial charge on any atom is 0.147 e. The van der Waals surface area contributed by atoms with Crippen molar-refractivity contribution < 1.29 is 4.74 Å². The molecule has 1 rings (SSSR count). The van der Waals surface area contributed by atoms with Crippen molar-refractivity contribution in [2.75, 3.05) is 0 Å². The van der Waals surface area contributed by atoms with Crippen LogP contribution >= 0.6 is 0 Å². The molecule has 1 aromatic rings. The monoisotopic (exact) mass is 150 g/mol. The highest BCUT2D eigenvalue weighted by Gasteiger charge is 1.98. The molecule has 1 aromatic carbocycles. The molecule has 0 saturated heterocycles. The minimum absolute atomic E-state index is 0.214. The quantitative estimate of drug-likeness (QED) is 0.663. The largest absolute Gasteiger partial charge is 0.475 e. The van der Waals surface area contributed by atoms with Crippen LogP contribution in [-0.2, 0) is 0 Å². The summed E-state index contributed by atoms with van der Waals surface area (Å²) in [4.78, 5) is 0. The lowest BCUT2D eigenvalue weighted by Gasteiger charge is -2.10. The van der Waals surface area contributed by atoms with Gasteiger partial charge in [-0.25, -0.2) is 0 Å². The lowest BCUT2D eigenvalue weighted by molar-refractivity contribution is 0.204. The topological polar surface area (TPSA) is 35.2 Å². The molecule has 0 bridgehead atoms. The molecular weight excluding hydrogens is 138 g/mol. The fourth-order valence-corrected chi connectivity index (χ4v) is 0.697. The second-order valence-corrected chi connectivity index (χ2v) is 2.29. The van der Waals surface area contributed by atoms with Gasteiger partial charge in [0, 0.05) is 6.07 Å². The molecule has 1 unspecified atom stereocenters. The van der Waals surface area contributed by atoms with E-state index in [0.29, 0.717) is 5.75 Å². The molecule has 0 fully saturated rings. The minimum atomic E-state index is -0.214. The van der Waals surface area contributed by atoms with Crippen LogP contribution in [0.1, 0.15) is 13.3 Å². The number of nitrogens with two attached hydrogens (primary N) is 1. The zero-order valence-electron chi connectivity index (χ0n) is 6.58. The van der Waals surface area contributed by atoms with Crippen molar-refractivity contribution in [3.8, 4) is 5.75 Å². The van der Waals surface area contributed by atoms with Crippen LogP contribution in [0.25, 0.3) is 0 Å². The summed E-state index contributed by atoms with van der Waals surface area (Å²) in [5.74, 6) is 0.710. The Balaban J connectivity index is 2.51. The summed E-state index contributed by atoms with van der Waals surface area (Å²) >= 11 is 0. The Labute approximate surface area is 67.0 Å². The lowest BCUT2D eigenvalue weighted by atomic mass is 10.3. The first kappa shape index (κ1) is 8.08. The van der Waals surface area contributed by atoms with Gasteiger partial charge in [0.1, 0.15) is 12.0 Å². The molecule has 2 heteroatoms. The third-order valence-electron chi connectivity index (χ3n) is 1.36. The average molecular weight is 150 g/mol. The Kier molecular flexibility index (Phi) is 2.93. The molecule has 0 aliphatic heterocycles. The lowest BCUT2D eigenvalue weighted by Crippen LogP contribution is -2.25. The van der Waals surface area contributed by atoms with Crippen molar-refractivity contribution in [1.82, 2.24) is 0 Å². The maximum absolute atomic E-state index is 5.56. The van der Waals surface area contributed by atoms with Crippen molar-refractivity contribution in [2.45, 2.75) is 19.6 Å². The van der Waals surface area contributed by atoms with Gasteiger partial charge in [-0.05, 0) is 12.5 Å². The summed E-state index contributed by atoms with van der Waals surface area (Å²) in [7, 11) is 0. The molecular formula is C9H12NO. The fraction of sp³-hybridized carbons (Fsp3) is 0.333. The van der Waals surface area contributed by atoms with Crippen LogP contribution in [0, 0.1) is 6.07 Å². The number of hydrogen-bond donors (Lipinski definition) is 1. The summed E-state index contributed by atoms with van der Waals surface area (Å²) in [5, 5.41) is 0. The van der Waals surface area contributed by atoms with E-state index >= 15 is 0 Å². The number of benzene rings is 1. The van der Waals surface area contributed by atoms with Crippen LogP contribution in [0.15, 0.2) is 24.3 Å². The summed E-state index contributed by atoms with van der Waals surface area (Å²) < 4.78 is 5.29. The zero-order valence-corrected chi connectivity index (χ0v) is 6.58. The zero-order chi connectivity index (χ0) is 8.10. The van der Waals surface area contributed by atoms with Crippen LogP contribution in [0.4, 0.5) is 0 Å². The number of para-hydroxylation sites is 1. The van der Waals surface area contributed by atoms with E-state index in [1.807, 2.05) is 25.1 Å². The predicted octanol–water partition coefficient (Wildman–Crippen LogP) is 1.56. The first-order chi connectivity index (χ1) is 5.33. The van der Waals surface area contributed by atoms with E-state index < -0.39 is 0 Å². The van der Waals surface area contributed by atoms with Gasteiger partial charge < -0.3 is 4.74 Å². The van der Waals surface area contributed by atoms with Gasteiger partial charge in [-0.3, -0.25) is 5.73 Å². The van der Waals surface area contributed by atoms with Crippen LogP contribution in [0.2, 0.25) is 0 Å². The van der Waals surface area contributed by atoms with Crippen LogP contribution in [0.5, 0.6) is 5.75 Å². The van der Waals surface area contributed by atoms with Crippen LogP contribution < -0.4 is 10.5 Å². The molecule has 1 radical (unpaired) electrons. The van der Waals surface area contributed by atoms with Crippen LogP contribution in [0.3, 0.4) is 0 Å². The van der Waals surface area contributed by atoms with Gasteiger partial charge in [0.2, 0.25) is 0 Å². The Bertz CT molecular complexity index is 198. The van der Waals surface area contributed by atoms with Crippen molar-refractivity contribution in [3.63, 3.8) is 0 Å². The van der Waals surface area contributed by atoms with Gasteiger partial charge in [-0.2, -0.15) is 0 Å². The molecule has 59 valence electrons. The number of rotatable bonds is 3. The molecule has 2 N–H and O–H groups in total. The predicted molar refractivity (Wildman–Crippen MR) is 44.2 cm³/mol. The fourth-order valence-electron chi connectivity index (χ4n) is 0.697. The molecule has 0 aliphatic carbocycles. The first-order valence-electron chi connectivity index (χ1n) is 3.72. The Morgan fingerprint density at radius 3 is 3.00 bits per heavy atom. The van der Waals surface area contributed by atoms with Crippen LogP contribution in [-0.4, -0.2) is 6.23 Å². The maximum atomic E-state index is 5.56. The Morgan fingerprint density at radius 2 is 2.45 bits per heavy atom. The summed E-state index contributed by atoms with van der Waals surface area (Å²) in [6, 6.07) is 10.4. The van der Waals surface area contributed by atoms with E-state index in [9.17, 15) is 0 Å². The number of hydrogen-bond acceptors (Lipinski definition) is 2. The molecule has 11 heavy (non-hydrogen) atoms. The first-order valence-corrected chi connectivity index (χ1v) is 3.72. The summed E-state index contributed by atoms with van der Waals surface area (Å²) in [6.45, 7) is 1.98. The molecule has 0 saturated carbocycles. The van der Waals surface area contributed by atoms with E-state index in [4.69, 9.17) is 10.5 Å². The van der Waals surface area contributed by atoms with Gasteiger partial charge in [0.15, 0.2) is 0 Å². The van der Waals surface area contributed by atoms with Gasteiger partial charge in [-0.15, -0.1) is 0 Å². The van der Waals surface area contributed by atoms with Crippen molar-refractivity contribution >= 4 is 0 Å². The van der Waals surface area contributed by atoms with E-state index in [1.165, 1.54) is 0 Å². The SMILES string of the molecule is CCC(N)Oc1[c]cccc1. The Hall–Kier alpha value is -1.02. The van der Waals surface area contributed by atoms with Gasteiger partial charge in [0.05, 0.1) is 0 Å². The molecule has 2 nitrogen and oxygen atoms in total. The number of ether oxygens (including phenoxy) is 1. The summed E-state index contributed by atoms with van der Waals surface area (Å²) in [6.07, 6.45) is 0.594. The molecule has 1 atom stereocenters. The molecule has 0 aliphatic rings. The van der Waals surface area contributed by atoms with E-state index in [-0.39, 0.29) is 6.23 Å². The Morgan fingerprint density at radius 1 is 1.64 bits per heavy atom. The van der Waals surface area contributed by atoms with E-state index in [0.717, 1.165) is 6.42 Å². The molecule has 0 heterocycles. The van der Waals surface area contributed by atoms with Gasteiger partial charge in [0.25, 0.3) is 0 Å².